The van der Waals surface area contributed by atoms with Crippen molar-refractivity contribution in [3.05, 3.63) is 75.6 Å². The van der Waals surface area contributed by atoms with Crippen LogP contribution in [0.3, 0.4) is 0 Å². The van der Waals surface area contributed by atoms with Crippen molar-refractivity contribution in [1.82, 2.24) is 0 Å². The van der Waals surface area contributed by atoms with E-state index < -0.39 is 5.91 Å². The van der Waals surface area contributed by atoms with E-state index in [1.165, 1.54) is 25.5 Å². The molecule has 1 aromatic heterocycles. The number of carbonyl (C=O) groups is 1. The molecule has 0 atom stereocenters. The van der Waals surface area contributed by atoms with Gasteiger partial charge in [-0.25, -0.2) is 0 Å². The Kier molecular flexibility index (Phi) is 4.86. The molecule has 126 valence electrons. The van der Waals surface area contributed by atoms with Gasteiger partial charge in [-0.3, -0.25) is 9.59 Å². The smallest absolute Gasteiger partial charge is 0.248 e. The number of rotatable bonds is 4. The zero-order chi connectivity index (χ0) is 17.8. The fourth-order valence-electron chi connectivity index (χ4n) is 2.33. The SMILES string of the molecule is COc1ccc(Cl)cc1NC(=O)/C=C/c1coc2ccccc2c1=O. The van der Waals surface area contributed by atoms with Crippen molar-refractivity contribution in [2.24, 2.45) is 0 Å². The van der Waals surface area contributed by atoms with Crippen LogP contribution in [0.25, 0.3) is 17.0 Å². The van der Waals surface area contributed by atoms with Gasteiger partial charge in [0.25, 0.3) is 0 Å². The normalized spacial score (nSPS) is 11.0. The molecule has 0 aliphatic heterocycles. The first-order valence-corrected chi connectivity index (χ1v) is 7.79. The van der Waals surface area contributed by atoms with E-state index in [9.17, 15) is 9.59 Å². The number of carbonyl (C=O) groups excluding carboxylic acids is 1. The van der Waals surface area contributed by atoms with E-state index in [1.807, 2.05) is 0 Å². The monoisotopic (exact) mass is 355 g/mol. The molecule has 0 radical (unpaired) electrons. The van der Waals surface area contributed by atoms with Gasteiger partial charge >= 0.3 is 0 Å². The summed E-state index contributed by atoms with van der Waals surface area (Å²) >= 11 is 5.93. The van der Waals surface area contributed by atoms with Crippen molar-refractivity contribution in [1.29, 1.82) is 0 Å². The molecule has 0 spiro atoms. The Morgan fingerprint density at radius 1 is 1.24 bits per heavy atom. The summed E-state index contributed by atoms with van der Waals surface area (Å²) in [6, 6.07) is 11.8. The zero-order valence-corrected chi connectivity index (χ0v) is 14.0. The molecular formula is C19H14ClNO4. The van der Waals surface area contributed by atoms with E-state index in [-0.39, 0.29) is 11.0 Å². The number of hydrogen-bond acceptors (Lipinski definition) is 4. The number of fused-ring (bicyclic) bond motifs is 1. The van der Waals surface area contributed by atoms with Gasteiger partial charge in [-0.05, 0) is 36.4 Å². The number of nitrogens with one attached hydrogen (secondary N) is 1. The third-order valence-corrected chi connectivity index (χ3v) is 3.78. The van der Waals surface area contributed by atoms with E-state index in [0.29, 0.717) is 27.4 Å². The number of methoxy groups -OCH3 is 1. The number of ether oxygens (including phenoxy) is 1. The highest BCUT2D eigenvalue weighted by molar-refractivity contribution is 6.31. The summed E-state index contributed by atoms with van der Waals surface area (Å²) < 4.78 is 10.6. The van der Waals surface area contributed by atoms with Crippen LogP contribution >= 0.6 is 11.6 Å². The molecule has 3 aromatic rings. The number of anilines is 1. The maximum atomic E-state index is 12.4. The summed E-state index contributed by atoms with van der Waals surface area (Å²) in [5.74, 6) is 0.0597. The number of benzene rings is 2. The molecule has 5 nitrogen and oxygen atoms in total. The standard InChI is InChI=1S/C19H14ClNO4/c1-24-17-8-7-13(20)10-15(17)21-18(22)9-6-12-11-25-16-5-3-2-4-14(16)19(12)23/h2-11H,1H3,(H,21,22)/b9-6+. The minimum Gasteiger partial charge on any atom is -0.495 e. The molecule has 6 heteroatoms. The summed E-state index contributed by atoms with van der Waals surface area (Å²) in [6.07, 6.45) is 3.99. The van der Waals surface area contributed by atoms with E-state index in [1.54, 1.807) is 42.5 Å². The second-order valence-electron chi connectivity index (χ2n) is 5.18. The minimum atomic E-state index is -0.423. The molecule has 0 saturated heterocycles. The lowest BCUT2D eigenvalue weighted by Gasteiger charge is -2.08. The Morgan fingerprint density at radius 2 is 2.04 bits per heavy atom. The molecule has 0 unspecified atom stereocenters. The third kappa shape index (κ3) is 3.72. The van der Waals surface area contributed by atoms with Gasteiger partial charge in [-0.15, -0.1) is 0 Å². The van der Waals surface area contributed by atoms with Crippen LogP contribution in [0.2, 0.25) is 5.02 Å². The topological polar surface area (TPSA) is 68.5 Å². The number of para-hydroxylation sites is 1. The molecule has 2 aromatic carbocycles. The molecule has 0 fully saturated rings. The highest BCUT2D eigenvalue weighted by Crippen LogP contribution is 2.27. The first-order chi connectivity index (χ1) is 12.1. The molecule has 0 aliphatic carbocycles. The van der Waals surface area contributed by atoms with Gasteiger partial charge in [0.15, 0.2) is 5.43 Å². The first-order valence-electron chi connectivity index (χ1n) is 7.41. The molecule has 1 heterocycles. The maximum absolute atomic E-state index is 12.4. The highest BCUT2D eigenvalue weighted by atomic mass is 35.5. The van der Waals surface area contributed by atoms with Gasteiger partial charge in [-0.2, -0.15) is 0 Å². The van der Waals surface area contributed by atoms with Crippen LogP contribution in [0.5, 0.6) is 5.75 Å². The van der Waals surface area contributed by atoms with Crippen molar-refractivity contribution in [2.75, 3.05) is 12.4 Å². The Bertz CT molecular complexity index is 1020. The van der Waals surface area contributed by atoms with Gasteiger partial charge in [-0.1, -0.05) is 23.7 Å². The second kappa shape index (κ2) is 7.23. The Morgan fingerprint density at radius 3 is 2.84 bits per heavy atom. The summed E-state index contributed by atoms with van der Waals surface area (Å²) in [5, 5.41) is 3.59. The molecule has 1 amide bonds. The van der Waals surface area contributed by atoms with Gasteiger partial charge in [0.2, 0.25) is 5.91 Å². The number of hydrogen-bond donors (Lipinski definition) is 1. The molecular weight excluding hydrogens is 342 g/mol. The van der Waals surface area contributed by atoms with E-state index in [4.69, 9.17) is 20.8 Å². The van der Waals surface area contributed by atoms with Crippen LogP contribution in [-0.4, -0.2) is 13.0 Å². The van der Waals surface area contributed by atoms with Gasteiger partial charge in [0, 0.05) is 11.1 Å². The fourth-order valence-corrected chi connectivity index (χ4v) is 2.50. The third-order valence-electron chi connectivity index (χ3n) is 3.54. The lowest BCUT2D eigenvalue weighted by atomic mass is 10.1. The maximum Gasteiger partial charge on any atom is 0.248 e. The predicted molar refractivity (Wildman–Crippen MR) is 98.2 cm³/mol. The second-order valence-corrected chi connectivity index (χ2v) is 5.62. The average Bonchev–Trinajstić information content (AvgIpc) is 2.61. The molecule has 0 aliphatic rings. The first kappa shape index (κ1) is 16.8. The van der Waals surface area contributed by atoms with Crippen LogP contribution in [0.4, 0.5) is 5.69 Å². The molecule has 0 bridgehead atoms. The largest absolute Gasteiger partial charge is 0.495 e. The van der Waals surface area contributed by atoms with E-state index >= 15 is 0 Å². The van der Waals surface area contributed by atoms with Crippen molar-refractivity contribution in [3.63, 3.8) is 0 Å². The summed E-state index contributed by atoms with van der Waals surface area (Å²) in [4.78, 5) is 24.5. The van der Waals surface area contributed by atoms with Crippen molar-refractivity contribution in [3.8, 4) is 5.75 Å². The van der Waals surface area contributed by atoms with Crippen molar-refractivity contribution >= 4 is 40.2 Å². The summed E-state index contributed by atoms with van der Waals surface area (Å²) in [5.41, 5.74) is 1.02. The Labute approximate surface area is 148 Å². The van der Waals surface area contributed by atoms with E-state index in [0.717, 1.165) is 0 Å². The van der Waals surface area contributed by atoms with Gasteiger partial charge in [0.05, 0.1) is 23.7 Å². The van der Waals surface area contributed by atoms with Crippen LogP contribution < -0.4 is 15.5 Å². The van der Waals surface area contributed by atoms with Gasteiger partial charge in [0.1, 0.15) is 17.6 Å². The quantitative estimate of drug-likeness (QED) is 0.715. The summed E-state index contributed by atoms with van der Waals surface area (Å²) in [6.45, 7) is 0. The highest BCUT2D eigenvalue weighted by Gasteiger charge is 2.07. The van der Waals surface area contributed by atoms with Crippen LogP contribution in [-0.2, 0) is 4.79 Å². The van der Waals surface area contributed by atoms with Crippen LogP contribution in [0.1, 0.15) is 5.56 Å². The summed E-state index contributed by atoms with van der Waals surface area (Å²) in [7, 11) is 1.50. The van der Waals surface area contributed by atoms with Crippen LogP contribution in [0.15, 0.2) is 64.0 Å². The lowest BCUT2D eigenvalue weighted by molar-refractivity contribution is -0.111. The molecule has 0 saturated carbocycles. The molecule has 25 heavy (non-hydrogen) atoms. The lowest BCUT2D eigenvalue weighted by Crippen LogP contribution is -2.10. The predicted octanol–water partition coefficient (Wildman–Crippen LogP) is 4.11. The number of amides is 1. The fraction of sp³-hybridized carbons (Fsp3) is 0.0526. The Hall–Kier alpha value is -3.05. The minimum absolute atomic E-state index is 0.203. The van der Waals surface area contributed by atoms with Crippen LogP contribution in [0, 0.1) is 0 Å². The average molecular weight is 356 g/mol. The van der Waals surface area contributed by atoms with Crippen molar-refractivity contribution < 1.29 is 13.9 Å². The van der Waals surface area contributed by atoms with Gasteiger partial charge < -0.3 is 14.5 Å². The Balaban J connectivity index is 1.83. The molecule has 1 N–H and O–H groups in total. The number of halogens is 1. The van der Waals surface area contributed by atoms with E-state index in [2.05, 4.69) is 5.32 Å². The molecule has 3 rings (SSSR count). The zero-order valence-electron chi connectivity index (χ0n) is 13.3. The van der Waals surface area contributed by atoms with Crippen molar-refractivity contribution in [2.45, 2.75) is 0 Å².